The Bertz CT molecular complexity index is 1760. The molecule has 49 heavy (non-hydrogen) atoms. The van der Waals surface area contributed by atoms with Gasteiger partial charge in [-0.1, -0.05) is 31.0 Å². The number of rotatable bonds is 11. The van der Waals surface area contributed by atoms with Crippen molar-refractivity contribution in [2.24, 2.45) is 5.92 Å². The van der Waals surface area contributed by atoms with Gasteiger partial charge in [-0.15, -0.1) is 4.72 Å². The van der Waals surface area contributed by atoms with Crippen LogP contribution in [0.3, 0.4) is 0 Å². The summed E-state index contributed by atoms with van der Waals surface area (Å²) in [6.45, 7) is 5.73. The third-order valence-corrected chi connectivity index (χ3v) is 10.7. The van der Waals surface area contributed by atoms with E-state index in [9.17, 15) is 19.4 Å². The predicted octanol–water partition coefficient (Wildman–Crippen LogP) is 6.31. The fourth-order valence-electron chi connectivity index (χ4n) is 5.98. The largest absolute Gasteiger partial charge is 0.598 e. The van der Waals surface area contributed by atoms with E-state index in [-0.39, 0.29) is 18.7 Å². The van der Waals surface area contributed by atoms with Crippen molar-refractivity contribution in [1.29, 1.82) is 10.5 Å². The zero-order valence-corrected chi connectivity index (χ0v) is 28.9. The van der Waals surface area contributed by atoms with Crippen molar-refractivity contribution in [2.45, 2.75) is 75.3 Å². The van der Waals surface area contributed by atoms with Crippen molar-refractivity contribution in [3.63, 3.8) is 0 Å². The smallest absolute Gasteiger partial charge is 0.322 e. The molecule has 0 aromatic heterocycles. The second-order valence-corrected chi connectivity index (χ2v) is 15.6. The lowest BCUT2D eigenvalue weighted by atomic mass is 9.79. The SMILES string of the molecule is CO[C@@H]1C[C@H](C(=O)Nc2cc([C@](CCC3CC3)(N[S@+]([O-])C(C)(C)C)c3cccc(C#N)c3)ccc2F)N(C(=O)Nc2ccc(C#N)cc2)C1. The fourth-order valence-corrected chi connectivity index (χ4v) is 6.94. The van der Waals surface area contributed by atoms with Crippen molar-refractivity contribution in [1.82, 2.24) is 9.62 Å². The summed E-state index contributed by atoms with van der Waals surface area (Å²) in [6.07, 6.45) is 3.31. The van der Waals surface area contributed by atoms with E-state index in [2.05, 4.69) is 21.4 Å². The number of methoxy groups -OCH3 is 1. The monoisotopic (exact) mass is 684 g/mol. The molecule has 1 saturated heterocycles. The first-order chi connectivity index (χ1) is 23.4. The normalized spacial score (nSPS) is 19.3. The Labute approximate surface area is 289 Å². The molecule has 10 nitrogen and oxygen atoms in total. The van der Waals surface area contributed by atoms with Crippen LogP contribution in [0.2, 0.25) is 0 Å². The van der Waals surface area contributed by atoms with Gasteiger partial charge < -0.3 is 24.8 Å². The first-order valence-electron chi connectivity index (χ1n) is 16.3. The molecular weight excluding hydrogens is 644 g/mol. The topological polar surface area (TPSA) is 153 Å². The summed E-state index contributed by atoms with van der Waals surface area (Å²) in [7, 11) is 1.50. The van der Waals surface area contributed by atoms with Crippen LogP contribution in [0.4, 0.5) is 20.6 Å². The third-order valence-electron chi connectivity index (χ3n) is 9.07. The molecule has 12 heteroatoms. The predicted molar refractivity (Wildman–Crippen MR) is 186 cm³/mol. The van der Waals surface area contributed by atoms with E-state index >= 15 is 4.39 Å². The lowest BCUT2D eigenvalue weighted by Crippen LogP contribution is -2.52. The van der Waals surface area contributed by atoms with E-state index in [1.807, 2.05) is 32.9 Å². The number of urea groups is 1. The van der Waals surface area contributed by atoms with Crippen molar-refractivity contribution in [3.8, 4) is 12.1 Å². The highest BCUT2D eigenvalue weighted by Gasteiger charge is 2.44. The molecule has 1 saturated carbocycles. The van der Waals surface area contributed by atoms with Gasteiger partial charge in [-0.05, 0) is 99.2 Å². The van der Waals surface area contributed by atoms with Gasteiger partial charge in [-0.2, -0.15) is 10.5 Å². The summed E-state index contributed by atoms with van der Waals surface area (Å²) < 4.78 is 37.6. The van der Waals surface area contributed by atoms with E-state index in [4.69, 9.17) is 10.00 Å². The van der Waals surface area contributed by atoms with Gasteiger partial charge in [0.05, 0.1) is 35.1 Å². The molecule has 2 fully saturated rings. The maximum absolute atomic E-state index is 15.6. The minimum absolute atomic E-state index is 0.0913. The Hall–Kier alpha value is -4.46. The Morgan fingerprint density at radius 2 is 1.69 bits per heavy atom. The number of carbonyl (C=O) groups excluding carboxylic acids is 2. The molecule has 5 rings (SSSR count). The maximum atomic E-state index is 15.6. The Morgan fingerprint density at radius 3 is 2.33 bits per heavy atom. The van der Waals surface area contributed by atoms with E-state index in [0.29, 0.717) is 40.3 Å². The highest BCUT2D eigenvalue weighted by Crippen LogP contribution is 2.43. The molecule has 0 bridgehead atoms. The van der Waals surface area contributed by atoms with E-state index in [1.165, 1.54) is 18.1 Å². The molecule has 1 aliphatic carbocycles. The molecule has 0 radical (unpaired) electrons. The summed E-state index contributed by atoms with van der Waals surface area (Å²) in [5, 5.41) is 24.3. The number of amides is 3. The van der Waals surface area contributed by atoms with Gasteiger partial charge >= 0.3 is 6.03 Å². The van der Waals surface area contributed by atoms with Crippen molar-refractivity contribution < 1.29 is 23.3 Å². The van der Waals surface area contributed by atoms with E-state index in [1.54, 1.807) is 54.6 Å². The average Bonchev–Trinajstić information content (AvgIpc) is 3.82. The van der Waals surface area contributed by atoms with Gasteiger partial charge in [0.1, 0.15) is 22.1 Å². The number of hydrogen-bond donors (Lipinski definition) is 3. The van der Waals surface area contributed by atoms with Gasteiger partial charge in [0.15, 0.2) is 0 Å². The van der Waals surface area contributed by atoms with E-state index < -0.39 is 51.5 Å². The Kier molecular flexibility index (Phi) is 11.0. The van der Waals surface area contributed by atoms with Crippen molar-refractivity contribution >= 4 is 34.7 Å². The van der Waals surface area contributed by atoms with Gasteiger partial charge in [-0.25, -0.2) is 9.18 Å². The zero-order valence-electron chi connectivity index (χ0n) is 28.1. The minimum atomic E-state index is -1.56. The molecule has 3 N–H and O–H groups in total. The van der Waals surface area contributed by atoms with Gasteiger partial charge in [-0.3, -0.25) is 4.79 Å². The molecule has 3 aromatic rings. The van der Waals surface area contributed by atoms with E-state index in [0.717, 1.165) is 19.3 Å². The third kappa shape index (κ3) is 8.41. The molecule has 1 aliphatic heterocycles. The summed E-state index contributed by atoms with van der Waals surface area (Å²) in [5.74, 6) is -0.752. The fraction of sp³-hybridized carbons (Fsp3) is 0.405. The average molecular weight is 685 g/mol. The van der Waals surface area contributed by atoms with Crippen LogP contribution >= 0.6 is 0 Å². The summed E-state index contributed by atoms with van der Waals surface area (Å²) in [5.41, 5.74) is 1.43. The number of ether oxygens (including phenoxy) is 1. The molecule has 3 aromatic carbocycles. The van der Waals surface area contributed by atoms with Crippen LogP contribution < -0.4 is 15.4 Å². The molecule has 2 aliphatic rings. The van der Waals surface area contributed by atoms with Gasteiger partial charge in [0, 0.05) is 37.1 Å². The zero-order chi connectivity index (χ0) is 35.3. The molecule has 256 valence electrons. The second-order valence-electron chi connectivity index (χ2n) is 13.6. The van der Waals surface area contributed by atoms with Crippen LogP contribution in [-0.4, -0.2) is 51.9 Å². The number of nitrogens with zero attached hydrogens (tertiary/aromatic N) is 3. The molecule has 1 heterocycles. The van der Waals surface area contributed by atoms with Crippen molar-refractivity contribution in [3.05, 3.63) is 94.8 Å². The number of nitrogens with one attached hydrogen (secondary N) is 3. The van der Waals surface area contributed by atoms with Crippen LogP contribution in [-0.2, 0) is 26.4 Å². The van der Waals surface area contributed by atoms with Crippen LogP contribution in [0.25, 0.3) is 0 Å². The first kappa shape index (κ1) is 35.8. The van der Waals surface area contributed by atoms with Crippen LogP contribution in [0.5, 0.6) is 0 Å². The Balaban J connectivity index is 1.48. The molecule has 0 spiro atoms. The molecule has 0 unspecified atom stereocenters. The van der Waals surface area contributed by atoms with Gasteiger partial charge in [0.25, 0.3) is 0 Å². The molecular formula is C37H41FN6O4S. The summed E-state index contributed by atoms with van der Waals surface area (Å²) in [6, 6.07) is 20.6. The number of carbonyl (C=O) groups is 2. The molecule has 4 atom stereocenters. The van der Waals surface area contributed by atoms with Crippen LogP contribution in [0.1, 0.15) is 75.1 Å². The lowest BCUT2D eigenvalue weighted by molar-refractivity contribution is -0.119. The van der Waals surface area contributed by atoms with Crippen molar-refractivity contribution in [2.75, 3.05) is 24.3 Å². The minimum Gasteiger partial charge on any atom is -0.598 e. The van der Waals surface area contributed by atoms with Gasteiger partial charge in [0.2, 0.25) is 5.91 Å². The quantitative estimate of drug-likeness (QED) is 0.200. The number of nitriles is 2. The number of hydrogen-bond acceptors (Lipinski definition) is 7. The second kappa shape index (κ2) is 15.0. The highest BCUT2D eigenvalue weighted by atomic mass is 32.2. The number of likely N-dealkylation sites (tertiary alicyclic amines) is 1. The maximum Gasteiger partial charge on any atom is 0.322 e. The summed E-state index contributed by atoms with van der Waals surface area (Å²) >= 11 is -1.56. The number of benzene rings is 3. The Morgan fingerprint density at radius 1 is 1.00 bits per heavy atom. The standard InChI is InChI=1S/C37H41FN6O4S/c1-36(2,3)49(47)43-37(17-16-24-8-9-24,27-7-5-6-26(18-27)22-40)28-12-15-31(38)32(19-28)42-34(45)33-20-30(48-4)23-44(33)35(46)41-29-13-10-25(21-39)11-14-29/h5-7,10-15,18-19,24,30,33,43H,8-9,16-17,20,23H2,1-4H3,(H,41,46)(H,42,45)/t30-,33-,37-,49-/m1/s1. The summed E-state index contributed by atoms with van der Waals surface area (Å²) in [4.78, 5) is 28.5. The number of halogens is 1. The van der Waals surface area contributed by atoms with Crippen LogP contribution in [0.15, 0.2) is 66.7 Å². The number of anilines is 2. The lowest BCUT2D eigenvalue weighted by Gasteiger charge is -2.39. The highest BCUT2D eigenvalue weighted by molar-refractivity contribution is 7.90. The molecule has 3 amide bonds. The first-order valence-corrected chi connectivity index (χ1v) is 17.4. The van der Waals surface area contributed by atoms with Crippen LogP contribution in [0, 0.1) is 34.4 Å².